The van der Waals surface area contributed by atoms with Gasteiger partial charge in [0.2, 0.25) is 0 Å². The average molecular weight is 327 g/mol. The maximum absolute atomic E-state index is 11.1. The third-order valence-electron chi connectivity index (χ3n) is 2.80. The Bertz CT molecular complexity index is 632. The van der Waals surface area contributed by atoms with Gasteiger partial charge in [-0.05, 0) is 25.1 Å². The van der Waals surface area contributed by atoms with Crippen LogP contribution in [0.2, 0.25) is 5.02 Å². The Balaban J connectivity index is 2.16. The molecule has 2 rings (SSSR count). The third kappa shape index (κ3) is 4.20. The summed E-state index contributed by atoms with van der Waals surface area (Å²) >= 11 is 7.18. The second-order valence-electron chi connectivity index (χ2n) is 4.42. The van der Waals surface area contributed by atoms with Crippen LogP contribution in [-0.4, -0.2) is 28.2 Å². The maximum atomic E-state index is 11.1. The smallest absolute Gasteiger partial charge is 0.281 e. The van der Waals surface area contributed by atoms with Crippen LogP contribution in [-0.2, 0) is 6.42 Å². The first kappa shape index (κ1) is 15.8. The molecule has 112 valence electrons. The van der Waals surface area contributed by atoms with E-state index in [2.05, 4.69) is 22.4 Å². The lowest BCUT2D eigenvalue weighted by atomic mass is 10.2. The number of rotatable bonds is 7. The van der Waals surface area contributed by atoms with Crippen LogP contribution >= 0.6 is 22.9 Å². The molecular weight excluding hydrogens is 312 g/mol. The second kappa shape index (κ2) is 7.44. The van der Waals surface area contributed by atoms with E-state index < -0.39 is 4.92 Å². The highest BCUT2D eigenvalue weighted by Crippen LogP contribution is 2.33. The quantitative estimate of drug-likeness (QED) is 0.479. The van der Waals surface area contributed by atoms with Crippen molar-refractivity contribution >= 4 is 28.6 Å². The number of hydrogen-bond donors (Lipinski definition) is 1. The zero-order valence-corrected chi connectivity index (χ0v) is 13.1. The summed E-state index contributed by atoms with van der Waals surface area (Å²) in [6, 6.07) is 4.56. The molecular formula is C13H15ClN4O2S. The van der Waals surface area contributed by atoms with Crippen molar-refractivity contribution in [3.05, 3.63) is 38.3 Å². The van der Waals surface area contributed by atoms with Gasteiger partial charge >= 0.3 is 0 Å². The molecule has 1 aromatic carbocycles. The molecule has 0 aliphatic rings. The molecule has 1 aromatic heterocycles. The molecule has 0 amide bonds. The molecule has 0 atom stereocenters. The molecule has 0 unspecified atom stereocenters. The molecule has 0 spiro atoms. The van der Waals surface area contributed by atoms with Gasteiger partial charge in [-0.3, -0.25) is 10.1 Å². The van der Waals surface area contributed by atoms with Crippen molar-refractivity contribution in [3.8, 4) is 10.6 Å². The Morgan fingerprint density at radius 1 is 1.38 bits per heavy atom. The van der Waals surface area contributed by atoms with Crippen molar-refractivity contribution in [3.63, 3.8) is 0 Å². The van der Waals surface area contributed by atoms with Crippen LogP contribution in [0.15, 0.2) is 18.2 Å². The number of benzene rings is 1. The van der Waals surface area contributed by atoms with Gasteiger partial charge in [0.25, 0.3) is 5.69 Å². The molecule has 2 aromatic rings. The van der Waals surface area contributed by atoms with Crippen LogP contribution in [0.1, 0.15) is 18.4 Å². The highest BCUT2D eigenvalue weighted by molar-refractivity contribution is 7.14. The highest BCUT2D eigenvalue weighted by atomic mass is 35.5. The number of nitrogens with zero attached hydrogens (tertiary/aromatic N) is 3. The van der Waals surface area contributed by atoms with Crippen molar-refractivity contribution in [2.24, 2.45) is 0 Å². The number of nitro groups is 1. The van der Waals surface area contributed by atoms with Gasteiger partial charge in [-0.25, -0.2) is 0 Å². The maximum Gasteiger partial charge on any atom is 0.281 e. The molecule has 1 N–H and O–H groups in total. The summed E-state index contributed by atoms with van der Waals surface area (Å²) < 4.78 is 0. The van der Waals surface area contributed by atoms with Crippen LogP contribution in [0, 0.1) is 10.1 Å². The van der Waals surface area contributed by atoms with Gasteiger partial charge in [0.1, 0.15) is 5.01 Å². The van der Waals surface area contributed by atoms with Crippen LogP contribution in [0.3, 0.4) is 0 Å². The van der Waals surface area contributed by atoms with Crippen molar-refractivity contribution < 1.29 is 4.92 Å². The zero-order valence-electron chi connectivity index (χ0n) is 11.5. The largest absolute Gasteiger partial charge is 0.316 e. The minimum Gasteiger partial charge on any atom is -0.316 e. The summed E-state index contributed by atoms with van der Waals surface area (Å²) in [7, 11) is 0. The molecule has 0 radical (unpaired) electrons. The molecule has 0 aliphatic heterocycles. The Labute approximate surface area is 131 Å². The minimum atomic E-state index is -0.453. The first-order chi connectivity index (χ1) is 10.1. The van der Waals surface area contributed by atoms with E-state index in [0.29, 0.717) is 15.6 Å². The van der Waals surface area contributed by atoms with Gasteiger partial charge in [0, 0.05) is 24.1 Å². The molecule has 21 heavy (non-hydrogen) atoms. The van der Waals surface area contributed by atoms with Crippen LogP contribution in [0.4, 0.5) is 5.69 Å². The van der Waals surface area contributed by atoms with Gasteiger partial charge < -0.3 is 5.32 Å². The average Bonchev–Trinajstić information content (AvgIpc) is 2.92. The first-order valence-corrected chi connectivity index (χ1v) is 7.78. The molecule has 0 bridgehead atoms. The van der Waals surface area contributed by atoms with E-state index in [-0.39, 0.29) is 5.69 Å². The Morgan fingerprint density at radius 2 is 2.19 bits per heavy atom. The molecule has 6 nitrogen and oxygen atoms in total. The predicted molar refractivity (Wildman–Crippen MR) is 83.9 cm³/mol. The van der Waals surface area contributed by atoms with Crippen molar-refractivity contribution in [2.45, 2.75) is 19.8 Å². The lowest BCUT2D eigenvalue weighted by Crippen LogP contribution is -2.17. The lowest BCUT2D eigenvalue weighted by Gasteiger charge is -1.99. The predicted octanol–water partition coefficient (Wildman–Crippen LogP) is 3.31. The number of hydrogen-bond acceptors (Lipinski definition) is 6. The van der Waals surface area contributed by atoms with Gasteiger partial charge in [0.15, 0.2) is 5.01 Å². The fraction of sp³-hybridized carbons (Fsp3) is 0.385. The van der Waals surface area contributed by atoms with E-state index in [1.54, 1.807) is 12.1 Å². The summed E-state index contributed by atoms with van der Waals surface area (Å²) in [5, 5.41) is 24.2. The fourth-order valence-electron chi connectivity index (χ4n) is 1.80. The van der Waals surface area contributed by atoms with E-state index in [0.717, 1.165) is 30.9 Å². The monoisotopic (exact) mass is 326 g/mol. The van der Waals surface area contributed by atoms with Gasteiger partial charge in [0.05, 0.1) is 10.5 Å². The topological polar surface area (TPSA) is 81.0 Å². The number of nitro benzene ring substituents is 1. The first-order valence-electron chi connectivity index (χ1n) is 6.59. The van der Waals surface area contributed by atoms with Gasteiger partial charge in [-0.1, -0.05) is 29.9 Å². The summed E-state index contributed by atoms with van der Waals surface area (Å²) in [5.41, 5.74) is 0.406. The van der Waals surface area contributed by atoms with Crippen molar-refractivity contribution in [1.29, 1.82) is 0 Å². The number of halogens is 1. The molecule has 0 saturated heterocycles. The molecule has 0 fully saturated rings. The Kier molecular flexibility index (Phi) is 5.60. The number of aromatic nitrogens is 2. The van der Waals surface area contributed by atoms with E-state index >= 15 is 0 Å². The van der Waals surface area contributed by atoms with Crippen molar-refractivity contribution in [2.75, 3.05) is 13.1 Å². The van der Waals surface area contributed by atoms with Crippen LogP contribution in [0.5, 0.6) is 0 Å². The Morgan fingerprint density at radius 3 is 2.90 bits per heavy atom. The van der Waals surface area contributed by atoms with E-state index in [1.807, 2.05) is 0 Å². The number of nitrogens with one attached hydrogen (secondary N) is 1. The second-order valence-corrected chi connectivity index (χ2v) is 5.92. The Hall–Kier alpha value is -1.57. The van der Waals surface area contributed by atoms with E-state index in [9.17, 15) is 10.1 Å². The molecule has 0 aliphatic carbocycles. The SMILES string of the molecule is CCCNCCc1nnc(-c2ccc(Cl)cc2[N+](=O)[O-])s1. The third-order valence-corrected chi connectivity index (χ3v) is 4.05. The summed E-state index contributed by atoms with van der Waals surface area (Å²) in [5.74, 6) is 0. The lowest BCUT2D eigenvalue weighted by molar-refractivity contribution is -0.384. The molecule has 8 heteroatoms. The van der Waals surface area contributed by atoms with Crippen molar-refractivity contribution in [1.82, 2.24) is 15.5 Å². The van der Waals surface area contributed by atoms with Crippen LogP contribution in [0.25, 0.3) is 10.6 Å². The normalized spacial score (nSPS) is 10.8. The minimum absolute atomic E-state index is 0.0469. The standard InChI is InChI=1S/C13H15ClN4O2S/c1-2-6-15-7-5-12-16-17-13(21-12)10-4-3-9(14)8-11(10)18(19)20/h3-4,8,15H,2,5-7H2,1H3. The zero-order chi connectivity index (χ0) is 15.2. The van der Waals surface area contributed by atoms with Gasteiger partial charge in [-0.2, -0.15) is 0 Å². The fourth-order valence-corrected chi connectivity index (χ4v) is 2.84. The highest BCUT2D eigenvalue weighted by Gasteiger charge is 2.19. The molecule has 1 heterocycles. The molecule has 0 saturated carbocycles. The van der Waals surface area contributed by atoms with Gasteiger partial charge in [-0.15, -0.1) is 10.2 Å². The summed E-state index contributed by atoms with van der Waals surface area (Å²) in [6.07, 6.45) is 1.84. The summed E-state index contributed by atoms with van der Waals surface area (Å²) in [6.45, 7) is 3.90. The van der Waals surface area contributed by atoms with E-state index in [4.69, 9.17) is 11.6 Å². The van der Waals surface area contributed by atoms with Crippen LogP contribution < -0.4 is 5.32 Å². The summed E-state index contributed by atoms with van der Waals surface area (Å²) in [4.78, 5) is 10.6. The van der Waals surface area contributed by atoms with E-state index in [1.165, 1.54) is 17.4 Å².